The van der Waals surface area contributed by atoms with Crippen molar-refractivity contribution in [3.05, 3.63) is 81.9 Å². The van der Waals surface area contributed by atoms with Crippen molar-refractivity contribution in [3.63, 3.8) is 0 Å². The van der Waals surface area contributed by atoms with Gasteiger partial charge >= 0.3 is 0 Å². The molecule has 0 aromatic heterocycles. The van der Waals surface area contributed by atoms with Crippen molar-refractivity contribution in [2.75, 3.05) is 11.9 Å². The lowest BCUT2D eigenvalue weighted by Crippen LogP contribution is -2.42. The highest BCUT2D eigenvalue weighted by Gasteiger charge is 2.48. The summed E-state index contributed by atoms with van der Waals surface area (Å²) in [5, 5.41) is 11.5. The van der Waals surface area contributed by atoms with E-state index in [1.54, 1.807) is 30.0 Å². The van der Waals surface area contributed by atoms with Crippen LogP contribution in [0.3, 0.4) is 0 Å². The molecule has 0 radical (unpaired) electrons. The van der Waals surface area contributed by atoms with Crippen LogP contribution in [0.15, 0.2) is 54.5 Å². The van der Waals surface area contributed by atoms with Crippen molar-refractivity contribution >= 4 is 41.4 Å². The molecule has 4 nitrogen and oxygen atoms in total. The predicted molar refractivity (Wildman–Crippen MR) is 114 cm³/mol. The molecule has 0 saturated heterocycles. The van der Waals surface area contributed by atoms with Crippen LogP contribution < -0.4 is 4.90 Å². The van der Waals surface area contributed by atoms with Crippen LogP contribution in [0.4, 0.5) is 11.4 Å². The van der Waals surface area contributed by atoms with E-state index in [4.69, 9.17) is 0 Å². The van der Waals surface area contributed by atoms with E-state index in [0.29, 0.717) is 5.56 Å². The van der Waals surface area contributed by atoms with Crippen LogP contribution in [0, 0.1) is 10.1 Å². The van der Waals surface area contributed by atoms with Crippen LogP contribution in [-0.2, 0) is 0 Å². The highest BCUT2D eigenvalue weighted by Crippen LogP contribution is 2.58. The minimum absolute atomic E-state index is 0.0657. The summed E-state index contributed by atoms with van der Waals surface area (Å²) in [6.07, 6.45) is 7.44. The number of hydrogen-bond donors (Lipinski definition) is 0. The Hall–Kier alpha value is -2.79. The fraction of sp³-hybridized carbons (Fsp3) is 0.182. The Kier molecular flexibility index (Phi) is 4.00. The Bertz CT molecular complexity index is 996. The minimum Gasteiger partial charge on any atom is -0.355 e. The molecule has 0 fully saturated rings. The molecule has 2 aromatic carbocycles. The number of nitro benzene ring substituents is 1. The molecular formula is C22H20N2O2S. The number of nitro groups is 1. The molecule has 27 heavy (non-hydrogen) atoms. The summed E-state index contributed by atoms with van der Waals surface area (Å²) < 4.78 is 0. The van der Waals surface area contributed by atoms with Crippen LogP contribution in [0.1, 0.15) is 35.1 Å². The smallest absolute Gasteiger partial charge is 0.277 e. The second kappa shape index (κ2) is 6.13. The van der Waals surface area contributed by atoms with Gasteiger partial charge in [0.1, 0.15) is 4.87 Å². The maximum Gasteiger partial charge on any atom is 0.277 e. The van der Waals surface area contributed by atoms with Gasteiger partial charge in [0.05, 0.1) is 10.5 Å². The molecule has 0 aliphatic carbocycles. The van der Waals surface area contributed by atoms with Gasteiger partial charge in [-0.25, -0.2) is 0 Å². The first kappa shape index (κ1) is 17.6. The molecule has 4 rings (SSSR count). The summed E-state index contributed by atoms with van der Waals surface area (Å²) in [5.41, 5.74) is 4.76. The molecule has 2 aliphatic heterocycles. The van der Waals surface area contributed by atoms with Crippen LogP contribution >= 0.6 is 11.8 Å². The molecule has 1 spiro atoms. The average Bonchev–Trinajstić information content (AvgIpc) is 2.88. The number of fused-ring (bicyclic) bond motifs is 2. The highest BCUT2D eigenvalue weighted by atomic mass is 32.2. The van der Waals surface area contributed by atoms with E-state index in [0.717, 1.165) is 16.0 Å². The van der Waals surface area contributed by atoms with Gasteiger partial charge in [-0.3, -0.25) is 10.1 Å². The Labute approximate surface area is 163 Å². The predicted octanol–water partition coefficient (Wildman–Crippen LogP) is 5.95. The zero-order valence-corrected chi connectivity index (χ0v) is 16.1. The lowest BCUT2D eigenvalue weighted by atomic mass is 9.94. The number of likely N-dealkylation sites (N-methyl/N-ethyl adjacent to an activating group) is 1. The number of rotatable bonds is 3. The van der Waals surface area contributed by atoms with Crippen molar-refractivity contribution in [2.45, 2.75) is 22.6 Å². The van der Waals surface area contributed by atoms with Crippen LogP contribution in [-0.4, -0.2) is 16.8 Å². The first-order valence-corrected chi connectivity index (χ1v) is 9.57. The van der Waals surface area contributed by atoms with E-state index < -0.39 is 0 Å². The first-order chi connectivity index (χ1) is 12.9. The van der Waals surface area contributed by atoms with Gasteiger partial charge in [-0.1, -0.05) is 68.3 Å². The van der Waals surface area contributed by atoms with E-state index >= 15 is 0 Å². The van der Waals surface area contributed by atoms with Gasteiger partial charge in [-0.2, -0.15) is 0 Å². The monoisotopic (exact) mass is 376 g/mol. The van der Waals surface area contributed by atoms with E-state index in [-0.39, 0.29) is 21.4 Å². The fourth-order valence-corrected chi connectivity index (χ4v) is 5.74. The van der Waals surface area contributed by atoms with E-state index in [1.807, 2.05) is 6.08 Å². The molecule has 0 saturated carbocycles. The van der Waals surface area contributed by atoms with Gasteiger partial charge in [0, 0.05) is 35.2 Å². The molecule has 0 amide bonds. The number of nitrogens with zero attached hydrogens (tertiary/aromatic N) is 2. The van der Waals surface area contributed by atoms with Gasteiger partial charge in [0.2, 0.25) is 0 Å². The molecule has 0 bridgehead atoms. The molecular weight excluding hydrogens is 356 g/mol. The van der Waals surface area contributed by atoms with Gasteiger partial charge in [-0.15, -0.1) is 0 Å². The largest absolute Gasteiger partial charge is 0.355 e. The van der Waals surface area contributed by atoms with Crippen molar-refractivity contribution < 1.29 is 4.92 Å². The van der Waals surface area contributed by atoms with E-state index in [1.165, 1.54) is 11.3 Å². The Balaban J connectivity index is 1.92. The van der Waals surface area contributed by atoms with Crippen LogP contribution in [0.2, 0.25) is 0 Å². The molecule has 2 atom stereocenters. The van der Waals surface area contributed by atoms with Crippen molar-refractivity contribution in [3.8, 4) is 0 Å². The van der Waals surface area contributed by atoms with E-state index in [2.05, 4.69) is 62.4 Å². The topological polar surface area (TPSA) is 46.4 Å². The second-order valence-corrected chi connectivity index (χ2v) is 8.10. The molecule has 0 N–H and O–H groups in total. The molecule has 2 aromatic rings. The summed E-state index contributed by atoms with van der Waals surface area (Å²) in [6.45, 7) is 9.95. The van der Waals surface area contributed by atoms with Gasteiger partial charge in [0.15, 0.2) is 0 Å². The van der Waals surface area contributed by atoms with Crippen molar-refractivity contribution in [2.24, 2.45) is 0 Å². The third-order valence-electron chi connectivity index (χ3n) is 5.65. The molecule has 136 valence electrons. The second-order valence-electron chi connectivity index (χ2n) is 6.83. The number of para-hydroxylation sites is 1. The zero-order valence-electron chi connectivity index (χ0n) is 15.3. The summed E-state index contributed by atoms with van der Waals surface area (Å²) in [7, 11) is 2.11. The summed E-state index contributed by atoms with van der Waals surface area (Å²) in [6, 6.07) is 10.1. The minimum atomic E-state index is -0.354. The zero-order chi connectivity index (χ0) is 19.3. The standard InChI is InChI=1S/C22H20N2O2S/c1-5-16-17(6-2)21-15(13-20(16)24(25)26)11-12-22(27-21)14(3)18-9-7-8-10-19(18)23(22)4/h5-14H,1-2H2,3-4H3. The Morgan fingerprint density at radius 1 is 1.26 bits per heavy atom. The highest BCUT2D eigenvalue weighted by molar-refractivity contribution is 8.01. The number of anilines is 1. The third-order valence-corrected chi connectivity index (χ3v) is 7.40. The van der Waals surface area contributed by atoms with Crippen LogP contribution in [0.25, 0.3) is 18.2 Å². The van der Waals surface area contributed by atoms with E-state index in [9.17, 15) is 10.1 Å². The first-order valence-electron chi connectivity index (χ1n) is 8.76. The summed E-state index contributed by atoms with van der Waals surface area (Å²) in [5.74, 6) is 0.271. The van der Waals surface area contributed by atoms with Crippen LogP contribution in [0.5, 0.6) is 0 Å². The number of hydrogen-bond acceptors (Lipinski definition) is 4. The third kappa shape index (κ3) is 2.31. The van der Waals surface area contributed by atoms with Crippen molar-refractivity contribution in [1.29, 1.82) is 0 Å². The maximum absolute atomic E-state index is 11.5. The lowest BCUT2D eigenvalue weighted by molar-refractivity contribution is -0.385. The van der Waals surface area contributed by atoms with Gasteiger partial charge in [-0.05, 0) is 23.3 Å². The number of thioether (sulfide) groups is 1. The molecule has 5 heteroatoms. The molecule has 2 unspecified atom stereocenters. The maximum atomic E-state index is 11.5. The Morgan fingerprint density at radius 2 is 1.96 bits per heavy atom. The Morgan fingerprint density at radius 3 is 2.59 bits per heavy atom. The summed E-state index contributed by atoms with van der Waals surface area (Å²) >= 11 is 1.74. The fourth-order valence-electron chi connectivity index (χ4n) is 4.19. The van der Waals surface area contributed by atoms with Gasteiger partial charge < -0.3 is 4.90 Å². The molecule has 2 heterocycles. The average molecular weight is 376 g/mol. The lowest BCUT2D eigenvalue weighted by Gasteiger charge is -2.40. The normalized spacial score (nSPS) is 22.4. The number of benzene rings is 2. The summed E-state index contributed by atoms with van der Waals surface area (Å²) in [4.78, 5) is 14.2. The molecule has 2 aliphatic rings. The van der Waals surface area contributed by atoms with Crippen molar-refractivity contribution in [1.82, 2.24) is 0 Å². The van der Waals surface area contributed by atoms with Gasteiger partial charge in [0.25, 0.3) is 5.69 Å². The SMILES string of the molecule is C=Cc1c([N+](=O)[O-])cc2c(c1C=C)SC1(C=C2)C(C)c2ccccc2N1C. The quantitative estimate of drug-likeness (QED) is 0.490.